The first-order valence-electron chi connectivity index (χ1n) is 14.8. The van der Waals surface area contributed by atoms with Gasteiger partial charge in [0.2, 0.25) is 0 Å². The van der Waals surface area contributed by atoms with Crippen LogP contribution < -0.4 is 0 Å². The third kappa shape index (κ3) is 32.8. The SMILES string of the molecule is C.CN(C)CCC[Si](C)(C)CC[Si](C)(C)C.C[N+](C)(CCC[Si](C)(C)CC[Si](C)(C)C)CCOCCO. The summed E-state index contributed by atoms with van der Waals surface area (Å²) < 4.78 is 6.42. The summed E-state index contributed by atoms with van der Waals surface area (Å²) >= 11 is 0. The molecule has 0 aliphatic carbocycles. The molecule has 0 saturated carbocycles. The van der Waals surface area contributed by atoms with Crippen LogP contribution in [0.15, 0.2) is 0 Å². The highest BCUT2D eigenvalue weighted by Crippen LogP contribution is 2.25. The van der Waals surface area contributed by atoms with Gasteiger partial charge in [0.1, 0.15) is 6.54 Å². The maximum atomic E-state index is 8.71. The standard InChI is InChI=1S/C16H40NO2Si2.C12H31NSi2.CH4/c1-17(2,10-12-19-13-11-18)9-8-14-21(6,7)16-15-20(3,4)5;1-13(2)9-8-10-15(6,7)12-11-14(3,4)5;/h18H,8-16H2,1-7H3;8-12H2,1-7H3;1H4/q+1;;. The first-order chi connectivity index (χ1) is 16.1. The molecule has 0 aromatic heterocycles. The Hall–Kier alpha value is 0.708. The number of quaternary nitrogens is 1. The monoisotopic (exact) mass is 595 g/mol. The lowest BCUT2D eigenvalue weighted by Gasteiger charge is -2.32. The summed E-state index contributed by atoms with van der Waals surface area (Å²) in [6.45, 7) is 30.1. The van der Waals surface area contributed by atoms with Crippen LogP contribution in [0.3, 0.4) is 0 Å². The molecule has 0 fully saturated rings. The second-order valence-corrected chi connectivity index (χ2v) is 38.1. The molecule has 228 valence electrons. The maximum absolute atomic E-state index is 8.71. The van der Waals surface area contributed by atoms with Gasteiger partial charge in [-0.2, -0.15) is 0 Å². The molecule has 0 unspecified atom stereocenters. The normalized spacial score (nSPS) is 13.3. The lowest BCUT2D eigenvalue weighted by Crippen LogP contribution is -2.44. The number of rotatable bonds is 19. The summed E-state index contributed by atoms with van der Waals surface area (Å²) in [7, 11) is 5.39. The number of aliphatic hydroxyl groups excluding tert-OH is 1. The number of aliphatic hydroxyl groups is 1. The Morgan fingerprint density at radius 1 is 0.622 bits per heavy atom. The number of hydrogen-bond donors (Lipinski definition) is 1. The summed E-state index contributed by atoms with van der Waals surface area (Å²) in [6.07, 6.45) is 2.75. The highest BCUT2D eigenvalue weighted by atomic mass is 28.3. The second kappa shape index (κ2) is 19.7. The summed E-state index contributed by atoms with van der Waals surface area (Å²) in [5, 5.41) is 8.71. The van der Waals surface area contributed by atoms with Crippen LogP contribution in [-0.2, 0) is 4.74 Å². The Balaban J connectivity index is -0.000000641. The van der Waals surface area contributed by atoms with Crippen molar-refractivity contribution in [1.82, 2.24) is 4.90 Å². The molecule has 0 heterocycles. The van der Waals surface area contributed by atoms with Gasteiger partial charge in [-0.25, -0.2) is 0 Å². The first kappa shape index (κ1) is 42.2. The van der Waals surface area contributed by atoms with E-state index in [4.69, 9.17) is 9.84 Å². The van der Waals surface area contributed by atoms with Gasteiger partial charge < -0.3 is 19.2 Å². The van der Waals surface area contributed by atoms with Gasteiger partial charge in [-0.3, -0.25) is 0 Å². The number of ether oxygens (including phenoxy) is 1. The van der Waals surface area contributed by atoms with Crippen molar-refractivity contribution in [2.45, 2.75) is 122 Å². The summed E-state index contributed by atoms with van der Waals surface area (Å²) in [5.41, 5.74) is 0. The smallest absolute Gasteiger partial charge is 0.102 e. The quantitative estimate of drug-likeness (QED) is 0.0929. The maximum Gasteiger partial charge on any atom is 0.102 e. The Bertz CT molecular complexity index is 543. The fourth-order valence-electron chi connectivity index (χ4n) is 4.13. The molecule has 8 heteroatoms. The molecule has 0 rings (SSSR count). The zero-order chi connectivity index (χ0) is 28.7. The third-order valence-electron chi connectivity index (χ3n) is 7.26. The zero-order valence-corrected chi connectivity index (χ0v) is 31.6. The van der Waals surface area contributed by atoms with Gasteiger partial charge in [0.25, 0.3) is 0 Å². The van der Waals surface area contributed by atoms with E-state index in [0.717, 1.165) is 17.6 Å². The molecule has 0 aliphatic rings. The fourth-order valence-corrected chi connectivity index (χ4v) is 18.3. The van der Waals surface area contributed by atoms with Crippen molar-refractivity contribution in [3.05, 3.63) is 0 Å². The van der Waals surface area contributed by atoms with E-state index < -0.39 is 32.3 Å². The highest BCUT2D eigenvalue weighted by Gasteiger charge is 2.26. The summed E-state index contributed by atoms with van der Waals surface area (Å²) in [6, 6.07) is 9.06. The molecule has 0 aromatic carbocycles. The topological polar surface area (TPSA) is 32.7 Å². The molecular weight excluding hydrogens is 521 g/mol. The van der Waals surface area contributed by atoms with Gasteiger partial charge in [0.05, 0.1) is 40.5 Å². The zero-order valence-electron chi connectivity index (χ0n) is 27.6. The molecular formula is C29H75N2O2Si4+. The van der Waals surface area contributed by atoms with Gasteiger partial charge in [-0.1, -0.05) is 109 Å². The van der Waals surface area contributed by atoms with E-state index in [-0.39, 0.29) is 14.0 Å². The molecule has 0 saturated heterocycles. The predicted molar refractivity (Wildman–Crippen MR) is 185 cm³/mol. The molecule has 0 aliphatic heterocycles. The molecule has 37 heavy (non-hydrogen) atoms. The molecule has 0 amide bonds. The van der Waals surface area contributed by atoms with Crippen LogP contribution in [0.1, 0.15) is 20.3 Å². The largest absolute Gasteiger partial charge is 0.394 e. The third-order valence-corrected chi connectivity index (χ3v) is 18.4. The van der Waals surface area contributed by atoms with Crippen molar-refractivity contribution in [3.63, 3.8) is 0 Å². The van der Waals surface area contributed by atoms with Gasteiger partial charge in [-0.05, 0) is 33.5 Å². The lowest BCUT2D eigenvalue weighted by molar-refractivity contribution is -0.890. The van der Waals surface area contributed by atoms with E-state index in [1.807, 2.05) is 0 Å². The number of hydrogen-bond acceptors (Lipinski definition) is 3. The average Bonchev–Trinajstić information content (AvgIpc) is 2.67. The van der Waals surface area contributed by atoms with Crippen LogP contribution in [0.2, 0.25) is 102 Å². The van der Waals surface area contributed by atoms with Crippen molar-refractivity contribution in [3.8, 4) is 0 Å². The second-order valence-electron chi connectivity index (χ2n) is 16.2. The number of nitrogens with zero attached hydrogens (tertiary/aromatic N) is 2. The number of likely N-dealkylation sites (N-methyl/N-ethyl adjacent to an activating group) is 1. The molecule has 4 nitrogen and oxygen atoms in total. The van der Waals surface area contributed by atoms with E-state index in [9.17, 15) is 0 Å². The molecule has 0 spiro atoms. The van der Waals surface area contributed by atoms with E-state index >= 15 is 0 Å². The van der Waals surface area contributed by atoms with Crippen LogP contribution >= 0.6 is 0 Å². The van der Waals surface area contributed by atoms with Crippen LogP contribution in [0.25, 0.3) is 0 Å². The van der Waals surface area contributed by atoms with Crippen molar-refractivity contribution in [2.75, 3.05) is 67.6 Å². The molecule has 0 aromatic rings. The molecule has 0 radical (unpaired) electrons. The van der Waals surface area contributed by atoms with Gasteiger partial charge in [-0.15, -0.1) is 0 Å². The highest BCUT2D eigenvalue weighted by molar-refractivity contribution is 6.82. The van der Waals surface area contributed by atoms with Crippen LogP contribution in [0.4, 0.5) is 0 Å². The van der Waals surface area contributed by atoms with E-state index in [1.165, 1.54) is 56.2 Å². The van der Waals surface area contributed by atoms with Gasteiger partial charge >= 0.3 is 0 Å². The van der Waals surface area contributed by atoms with Crippen LogP contribution in [-0.4, -0.2) is 114 Å². The van der Waals surface area contributed by atoms with E-state index in [0.29, 0.717) is 6.61 Å². The lowest BCUT2D eigenvalue weighted by atomic mass is 10.3. The summed E-state index contributed by atoms with van der Waals surface area (Å²) in [5.74, 6) is 0. The average molecular weight is 596 g/mol. The van der Waals surface area contributed by atoms with Gasteiger partial charge in [0.15, 0.2) is 0 Å². The van der Waals surface area contributed by atoms with Crippen molar-refractivity contribution in [2.24, 2.45) is 0 Å². The van der Waals surface area contributed by atoms with E-state index in [2.05, 4.69) is 98.6 Å². The fraction of sp³-hybridized carbons (Fsp3) is 1.00. The van der Waals surface area contributed by atoms with Crippen molar-refractivity contribution < 1.29 is 14.3 Å². The minimum atomic E-state index is -0.996. The van der Waals surface area contributed by atoms with Crippen LogP contribution in [0.5, 0.6) is 0 Å². The Labute approximate surface area is 240 Å². The van der Waals surface area contributed by atoms with Crippen molar-refractivity contribution >= 4 is 32.3 Å². The van der Waals surface area contributed by atoms with Gasteiger partial charge in [0, 0.05) is 32.3 Å². The molecule has 0 bridgehead atoms. The summed E-state index contributed by atoms with van der Waals surface area (Å²) in [4.78, 5) is 2.31. The minimum absolute atomic E-state index is 0. The Kier molecular flexibility index (Phi) is 22.5. The first-order valence-corrected chi connectivity index (χ1v) is 29.0. The van der Waals surface area contributed by atoms with Crippen molar-refractivity contribution in [1.29, 1.82) is 0 Å². The Morgan fingerprint density at radius 2 is 1.05 bits per heavy atom. The predicted octanol–water partition coefficient (Wildman–Crippen LogP) is 8.13. The van der Waals surface area contributed by atoms with Crippen LogP contribution in [0, 0.1) is 0 Å². The minimum Gasteiger partial charge on any atom is -0.394 e. The molecule has 1 N–H and O–H groups in total. The van der Waals surface area contributed by atoms with E-state index in [1.54, 1.807) is 6.04 Å². The molecule has 0 atom stereocenters. The Morgan fingerprint density at radius 3 is 1.43 bits per heavy atom.